The van der Waals surface area contributed by atoms with Crippen LogP contribution in [-0.2, 0) is 69.1 Å². The number of carboxylic acids is 1. The van der Waals surface area contributed by atoms with Crippen LogP contribution in [0.2, 0.25) is 0 Å². The first-order valence-electron chi connectivity index (χ1n) is 24.2. The van der Waals surface area contributed by atoms with E-state index in [1.54, 1.807) is 41.5 Å². The molecule has 2 heterocycles. The number of Topliss-reactive ketones (excluding diaryl/α,β-unsaturated/α-hetero) is 1. The van der Waals surface area contributed by atoms with Gasteiger partial charge < -0.3 is 20.3 Å². The molecular weight excluding hydrogens is 1300 g/mol. The van der Waals surface area contributed by atoms with Crippen molar-refractivity contribution in [1.82, 2.24) is 9.80 Å². The number of benzene rings is 4. The molecule has 0 bridgehead atoms. The first kappa shape index (κ1) is 81.5. The van der Waals surface area contributed by atoms with Gasteiger partial charge in [0.2, 0.25) is 0 Å². The molecule has 0 radical (unpaired) electrons. The van der Waals surface area contributed by atoms with Gasteiger partial charge in [-0.05, 0) is 148 Å². The number of hydrogen-bond donors (Lipinski definition) is 2. The normalized spacial score (nSPS) is 17.4. The molecule has 4 atom stereocenters. The number of alkyl halides is 20. The molecular formula is C53H59F20N3O7S4. The highest BCUT2D eigenvalue weighted by atomic mass is 32.1. The number of carbonyl (C=O) groups excluding carboxylic acids is 3. The molecule has 4 aromatic carbocycles. The lowest BCUT2D eigenvalue weighted by molar-refractivity contribution is -0.144. The molecule has 0 aliphatic carbocycles. The van der Waals surface area contributed by atoms with Crippen molar-refractivity contribution in [3.8, 4) is 22.3 Å². The van der Waals surface area contributed by atoms with Crippen molar-refractivity contribution >= 4 is 77.9 Å². The zero-order valence-electron chi connectivity index (χ0n) is 46.1. The van der Waals surface area contributed by atoms with E-state index < -0.39 is 172 Å². The maximum absolute atomic E-state index is 14.1. The molecule has 6 rings (SSSR count). The number of likely N-dealkylation sites (tertiary alicyclic amines) is 2. The number of aryl methyl sites for hydroxylation is 1. The molecule has 492 valence electrons. The van der Waals surface area contributed by atoms with Gasteiger partial charge in [0.25, 0.3) is 0 Å². The maximum atomic E-state index is 14.1. The zero-order valence-corrected chi connectivity index (χ0v) is 50.1. The molecule has 2 aliphatic heterocycles. The Kier molecular flexibility index (Phi) is 28.4. The minimum Gasteiger partial charge on any atom is -0.480 e. The molecule has 2 fully saturated rings. The summed E-state index contributed by atoms with van der Waals surface area (Å²) in [7, 11) is 0. The predicted molar refractivity (Wildman–Crippen MR) is 297 cm³/mol. The standard InChI is InChI=1S/C27H25F10NO3.C16H10F9N.C10H16FNO4.4H2S/c1-24(2,3)41-23(40)38-13-20(28)12-21(38)22(39)5-4-14-6-15(8-17(7-14)25(29,30)31)16-9-18(26(32,33)34)11-19(10-16)27(35,36)37;17-14(18,19)11-2-8(7-26)1-9(3-11)10-4-12(15(20,21)22)6-13(5-10)16(23,24)25;1-10(2,3)16-9(15)12-5-6(11)4-7(12)8(13)14;;;;/h6-11,20-21H,4-5,12-13H2,1-3H3;1-6H,7,26H2;6-7H,4-5H2,1-3H3,(H,13,14);4*1H2/t20-,21-;;6-,7-;;;;/m0.0..../s1. The van der Waals surface area contributed by atoms with Crippen molar-refractivity contribution in [2.24, 2.45) is 5.73 Å². The van der Waals surface area contributed by atoms with Crippen molar-refractivity contribution in [3.05, 3.63) is 117 Å². The van der Waals surface area contributed by atoms with Crippen LogP contribution in [0.15, 0.2) is 72.8 Å². The molecule has 0 spiro atoms. The third kappa shape index (κ3) is 24.1. The molecule has 2 amide bonds. The van der Waals surface area contributed by atoms with Crippen LogP contribution in [0.1, 0.15) is 105 Å². The van der Waals surface area contributed by atoms with E-state index in [0.717, 1.165) is 21.9 Å². The van der Waals surface area contributed by atoms with E-state index in [1.165, 1.54) is 0 Å². The average molecular weight is 1360 g/mol. The second-order valence-electron chi connectivity index (χ2n) is 20.9. The molecule has 87 heavy (non-hydrogen) atoms. The number of amides is 2. The molecule has 0 unspecified atom stereocenters. The number of halogens is 20. The Morgan fingerprint density at radius 1 is 0.448 bits per heavy atom. The second-order valence-corrected chi connectivity index (χ2v) is 20.9. The van der Waals surface area contributed by atoms with Gasteiger partial charge in [0.1, 0.15) is 29.6 Å². The van der Waals surface area contributed by atoms with Gasteiger partial charge >= 0.3 is 55.2 Å². The highest BCUT2D eigenvalue weighted by molar-refractivity contribution is 7.59. The lowest BCUT2D eigenvalue weighted by atomic mass is 9.93. The van der Waals surface area contributed by atoms with E-state index in [4.69, 9.17) is 20.3 Å². The van der Waals surface area contributed by atoms with E-state index in [1.807, 2.05) is 0 Å². The van der Waals surface area contributed by atoms with Gasteiger partial charge in [0.05, 0.1) is 52.5 Å². The molecule has 0 saturated carbocycles. The van der Waals surface area contributed by atoms with Gasteiger partial charge in [-0.2, -0.15) is 133 Å². The smallest absolute Gasteiger partial charge is 0.416 e. The maximum Gasteiger partial charge on any atom is 0.416 e. The summed E-state index contributed by atoms with van der Waals surface area (Å²) in [5, 5.41) is 8.83. The van der Waals surface area contributed by atoms with Crippen molar-refractivity contribution in [3.63, 3.8) is 0 Å². The summed E-state index contributed by atoms with van der Waals surface area (Å²) in [6.45, 7) is 8.65. The zero-order chi connectivity index (χ0) is 63.6. The van der Waals surface area contributed by atoms with Crippen LogP contribution >= 0.6 is 54.0 Å². The van der Waals surface area contributed by atoms with Gasteiger partial charge in [-0.1, -0.05) is 6.07 Å². The quantitative estimate of drug-likeness (QED) is 0.166. The molecule has 10 nitrogen and oxygen atoms in total. The fourth-order valence-electron chi connectivity index (χ4n) is 8.14. The van der Waals surface area contributed by atoms with Crippen LogP contribution in [0.25, 0.3) is 22.3 Å². The van der Waals surface area contributed by atoms with Crippen molar-refractivity contribution in [2.45, 2.75) is 146 Å². The highest BCUT2D eigenvalue weighted by Crippen LogP contribution is 2.43. The number of aliphatic carboxylic acids is 1. The van der Waals surface area contributed by atoms with Crippen molar-refractivity contribution in [1.29, 1.82) is 0 Å². The first-order valence-corrected chi connectivity index (χ1v) is 24.2. The van der Waals surface area contributed by atoms with Crippen LogP contribution in [0.5, 0.6) is 0 Å². The number of nitrogens with two attached hydrogens (primary N) is 1. The van der Waals surface area contributed by atoms with Gasteiger partial charge in [-0.3, -0.25) is 14.6 Å². The summed E-state index contributed by atoms with van der Waals surface area (Å²) < 4.78 is 274. The Balaban J connectivity index is 0.00000138. The van der Waals surface area contributed by atoms with Crippen LogP contribution in [-0.4, -0.2) is 87.6 Å². The van der Waals surface area contributed by atoms with Crippen LogP contribution < -0.4 is 5.73 Å². The van der Waals surface area contributed by atoms with E-state index in [0.29, 0.717) is 48.5 Å². The molecule has 3 N–H and O–H groups in total. The summed E-state index contributed by atoms with van der Waals surface area (Å²) in [4.78, 5) is 49.6. The first-order chi connectivity index (χ1) is 37.5. The topological polar surface area (TPSA) is 139 Å². The summed E-state index contributed by atoms with van der Waals surface area (Å²) in [5.41, 5.74) is -8.36. The molecule has 2 aliphatic rings. The van der Waals surface area contributed by atoms with E-state index in [2.05, 4.69) is 0 Å². The average Bonchev–Trinajstić information content (AvgIpc) is 2.05. The number of ketones is 1. The molecule has 2 saturated heterocycles. The van der Waals surface area contributed by atoms with Crippen molar-refractivity contribution in [2.75, 3.05) is 13.1 Å². The third-order valence-electron chi connectivity index (χ3n) is 11.8. The Bertz CT molecular complexity index is 2930. The Labute approximate surface area is 512 Å². The van der Waals surface area contributed by atoms with Crippen LogP contribution in [0.3, 0.4) is 0 Å². The number of hydrogen-bond acceptors (Lipinski definition) is 7. The molecule has 4 aromatic rings. The van der Waals surface area contributed by atoms with Gasteiger partial charge in [-0.25, -0.2) is 23.2 Å². The second kappa shape index (κ2) is 30.4. The number of nitrogens with zero attached hydrogens (tertiary/aromatic N) is 2. The lowest BCUT2D eigenvalue weighted by Gasteiger charge is -2.27. The van der Waals surface area contributed by atoms with Crippen LogP contribution in [0.4, 0.5) is 97.4 Å². The minimum absolute atomic E-state index is 0. The largest absolute Gasteiger partial charge is 0.480 e. The van der Waals surface area contributed by atoms with Gasteiger partial charge in [-0.15, -0.1) is 0 Å². The lowest BCUT2D eigenvalue weighted by Crippen LogP contribution is -2.43. The minimum atomic E-state index is -5.22. The Hall–Kier alpha value is -5.48. The van der Waals surface area contributed by atoms with E-state index in [9.17, 15) is 107 Å². The number of rotatable bonds is 8. The molecule has 34 heteroatoms. The summed E-state index contributed by atoms with van der Waals surface area (Å²) >= 11 is 0. The van der Waals surface area contributed by atoms with Gasteiger partial charge in [0.15, 0.2) is 5.78 Å². The van der Waals surface area contributed by atoms with Crippen LogP contribution in [0, 0.1) is 0 Å². The highest BCUT2D eigenvalue weighted by Gasteiger charge is 2.44. The third-order valence-corrected chi connectivity index (χ3v) is 11.8. The summed E-state index contributed by atoms with van der Waals surface area (Å²) in [6, 6.07) is 2.88. The Morgan fingerprint density at radius 3 is 1.00 bits per heavy atom. The SMILES string of the molecule is CC(C)(C)OC(=O)N1C[C@@H](F)C[C@H]1C(=O)CCc1cc(-c2cc(C(F)(F)F)cc(C(F)(F)F)c2)cc(C(F)(F)F)c1.CC(C)(C)OC(=O)N1C[C@@H](F)C[C@H]1C(=O)O.NCc1cc(-c2cc(C(F)(F)F)cc(C(F)(F)F)c2)cc(C(F)(F)F)c1.S.S.S.S. The summed E-state index contributed by atoms with van der Waals surface area (Å²) in [6.07, 6.45) is -36.5. The number of ether oxygens (including phenoxy) is 2. The Morgan fingerprint density at radius 2 is 0.713 bits per heavy atom. The number of carbonyl (C=O) groups is 4. The van der Waals surface area contributed by atoms with E-state index in [-0.39, 0.29) is 103 Å². The fourth-order valence-corrected chi connectivity index (χ4v) is 8.14. The van der Waals surface area contributed by atoms with E-state index >= 15 is 0 Å². The van der Waals surface area contributed by atoms with Crippen molar-refractivity contribution < 1.29 is 122 Å². The molecule has 0 aromatic heterocycles. The number of carboxylic acid groups (broad SMARTS) is 1. The summed E-state index contributed by atoms with van der Waals surface area (Å²) in [5.74, 6) is -1.90. The predicted octanol–water partition coefficient (Wildman–Crippen LogP) is 16.0. The fraction of sp³-hybridized carbons (Fsp3) is 0.472. The monoisotopic (exact) mass is 1360 g/mol. The van der Waals surface area contributed by atoms with Gasteiger partial charge in [0, 0.05) is 25.8 Å².